The molecule has 0 saturated carbocycles. The fourth-order valence-electron chi connectivity index (χ4n) is 4.82. The summed E-state index contributed by atoms with van der Waals surface area (Å²) in [5.41, 5.74) is 13.1. The summed E-state index contributed by atoms with van der Waals surface area (Å²) in [5, 5.41) is 1.98. The van der Waals surface area contributed by atoms with E-state index < -0.39 is 0 Å². The monoisotopic (exact) mass is 732 g/mol. The van der Waals surface area contributed by atoms with E-state index in [0.29, 0.717) is 5.92 Å². The Balaban J connectivity index is 0.000000207. The molecular formula is C37H37IrN3O-2. The molecule has 0 fully saturated rings. The zero-order valence-corrected chi connectivity index (χ0v) is 27.8. The van der Waals surface area contributed by atoms with Gasteiger partial charge in [-0.2, -0.15) is 0 Å². The van der Waals surface area contributed by atoms with Crippen molar-refractivity contribution in [3.05, 3.63) is 113 Å². The van der Waals surface area contributed by atoms with Crippen molar-refractivity contribution in [1.29, 1.82) is 0 Å². The first kappa shape index (κ1) is 31.3. The summed E-state index contributed by atoms with van der Waals surface area (Å²) in [5.74, 6) is 0.565. The summed E-state index contributed by atoms with van der Waals surface area (Å²) in [4.78, 5) is 13.9. The normalized spacial score (nSPS) is 11.0. The van der Waals surface area contributed by atoms with Gasteiger partial charge in [0.2, 0.25) is 0 Å². The van der Waals surface area contributed by atoms with Crippen molar-refractivity contribution in [1.82, 2.24) is 15.0 Å². The van der Waals surface area contributed by atoms with Crippen molar-refractivity contribution in [3.8, 4) is 22.5 Å². The predicted molar refractivity (Wildman–Crippen MR) is 169 cm³/mol. The van der Waals surface area contributed by atoms with Gasteiger partial charge < -0.3 is 9.40 Å². The van der Waals surface area contributed by atoms with Crippen molar-refractivity contribution in [2.75, 3.05) is 0 Å². The van der Waals surface area contributed by atoms with Crippen LogP contribution < -0.4 is 0 Å². The fourth-order valence-corrected chi connectivity index (χ4v) is 4.82. The molecule has 1 radical (unpaired) electrons. The van der Waals surface area contributed by atoms with Crippen LogP contribution in [0, 0.1) is 45.7 Å². The van der Waals surface area contributed by atoms with E-state index in [9.17, 15) is 0 Å². The maximum Gasteiger partial charge on any atom is 0.0847 e. The van der Waals surface area contributed by atoms with E-state index in [-0.39, 0.29) is 20.1 Å². The van der Waals surface area contributed by atoms with Gasteiger partial charge in [0, 0.05) is 55.7 Å². The minimum absolute atomic E-state index is 0. The molecule has 4 nitrogen and oxygen atoms in total. The van der Waals surface area contributed by atoms with E-state index >= 15 is 0 Å². The van der Waals surface area contributed by atoms with Crippen LogP contribution in [0.3, 0.4) is 0 Å². The van der Waals surface area contributed by atoms with Crippen LogP contribution in [0.1, 0.15) is 54.3 Å². The number of pyridine rings is 3. The molecule has 0 aliphatic rings. The van der Waals surface area contributed by atoms with Gasteiger partial charge in [0.1, 0.15) is 0 Å². The van der Waals surface area contributed by atoms with Gasteiger partial charge in [0.25, 0.3) is 0 Å². The Morgan fingerprint density at radius 3 is 2.36 bits per heavy atom. The minimum Gasteiger partial charge on any atom is -0.506 e. The SMILES string of the molecule is CCc1ccnc(-c2[c-]c3ccoc3c3nc(CC(C)C)ccc23)c1.Cc1c[c-]c(-c2cc(C)c(C)cn2)cc1C.[Ir]. The number of hydrogen-bond donors (Lipinski definition) is 0. The molecule has 0 unspecified atom stereocenters. The van der Waals surface area contributed by atoms with E-state index in [1.54, 1.807) is 6.26 Å². The van der Waals surface area contributed by atoms with Crippen molar-refractivity contribution in [3.63, 3.8) is 0 Å². The van der Waals surface area contributed by atoms with Gasteiger partial charge in [-0.05, 0) is 56.0 Å². The second-order valence-corrected chi connectivity index (χ2v) is 11.2. The molecule has 0 bridgehead atoms. The number of rotatable bonds is 5. The number of benzene rings is 2. The maximum atomic E-state index is 5.71. The van der Waals surface area contributed by atoms with Gasteiger partial charge >= 0.3 is 0 Å². The van der Waals surface area contributed by atoms with Gasteiger partial charge in [0.05, 0.1) is 5.58 Å². The van der Waals surface area contributed by atoms with Gasteiger partial charge in [-0.1, -0.05) is 86.3 Å². The van der Waals surface area contributed by atoms with Crippen LogP contribution in [-0.2, 0) is 32.9 Å². The van der Waals surface area contributed by atoms with Crippen molar-refractivity contribution in [2.24, 2.45) is 5.92 Å². The van der Waals surface area contributed by atoms with Crippen LogP contribution in [0.4, 0.5) is 0 Å². The summed E-state index contributed by atoms with van der Waals surface area (Å²) >= 11 is 0. The third kappa shape index (κ3) is 6.86. The number of fused-ring (bicyclic) bond motifs is 3. The van der Waals surface area contributed by atoms with Gasteiger partial charge in [0.15, 0.2) is 0 Å². The largest absolute Gasteiger partial charge is 0.506 e. The maximum absolute atomic E-state index is 5.71. The first-order valence-electron chi connectivity index (χ1n) is 14.3. The van der Waals surface area contributed by atoms with Crippen molar-refractivity contribution < 1.29 is 24.5 Å². The van der Waals surface area contributed by atoms with E-state index in [2.05, 4.69) is 107 Å². The number of aryl methyl sites for hydroxylation is 5. The zero-order valence-electron chi connectivity index (χ0n) is 25.4. The zero-order chi connectivity index (χ0) is 29.1. The molecule has 6 aromatic rings. The molecule has 0 aliphatic heterocycles. The molecule has 0 spiro atoms. The molecule has 0 atom stereocenters. The van der Waals surface area contributed by atoms with E-state index in [4.69, 9.17) is 9.40 Å². The standard InChI is InChI=1S/C22H21N2O.C15H16N.Ir/c1-4-15-7-9-23-20(12-15)19-13-16-8-10-25-22(16)21-18(19)6-5-17(24-21)11-14(2)3;1-10-5-6-14(7-11(10)2)15-8-12(3)13(4)9-16-15;/h5-10,12,14H,4,11H2,1-3H3;5,7-9H,1-4H3;/q2*-1;. The van der Waals surface area contributed by atoms with E-state index in [1.165, 1.54) is 27.8 Å². The number of furan rings is 1. The van der Waals surface area contributed by atoms with Crippen LogP contribution in [-0.4, -0.2) is 15.0 Å². The molecule has 42 heavy (non-hydrogen) atoms. The molecule has 5 heteroatoms. The summed E-state index contributed by atoms with van der Waals surface area (Å²) in [6, 6.07) is 23.4. The van der Waals surface area contributed by atoms with Crippen LogP contribution in [0.2, 0.25) is 0 Å². The average molecular weight is 732 g/mol. The number of aromatic nitrogens is 3. The second-order valence-electron chi connectivity index (χ2n) is 11.2. The Bertz CT molecular complexity index is 1790. The van der Waals surface area contributed by atoms with Gasteiger partial charge in [-0.25, -0.2) is 0 Å². The fraction of sp³-hybridized carbons (Fsp3) is 0.270. The third-order valence-corrected chi connectivity index (χ3v) is 7.54. The predicted octanol–water partition coefficient (Wildman–Crippen LogP) is 9.38. The van der Waals surface area contributed by atoms with E-state index in [1.807, 2.05) is 24.5 Å². The van der Waals surface area contributed by atoms with Crippen molar-refractivity contribution >= 4 is 21.9 Å². The van der Waals surface area contributed by atoms with Crippen LogP contribution >= 0.6 is 0 Å². The third-order valence-electron chi connectivity index (χ3n) is 7.54. The van der Waals surface area contributed by atoms with Gasteiger partial charge in [-0.3, -0.25) is 9.97 Å². The quantitative estimate of drug-likeness (QED) is 0.166. The first-order valence-corrected chi connectivity index (χ1v) is 14.3. The average Bonchev–Trinajstić information content (AvgIpc) is 3.45. The van der Waals surface area contributed by atoms with Crippen molar-refractivity contribution in [2.45, 2.75) is 61.3 Å². The topological polar surface area (TPSA) is 51.8 Å². The molecule has 4 heterocycles. The Morgan fingerprint density at radius 1 is 0.857 bits per heavy atom. The summed E-state index contributed by atoms with van der Waals surface area (Å²) in [6.45, 7) is 15.0. The molecular weight excluding hydrogens is 695 g/mol. The number of hydrogen-bond acceptors (Lipinski definition) is 4. The molecule has 4 aromatic heterocycles. The molecule has 217 valence electrons. The molecule has 2 aromatic carbocycles. The second kappa shape index (κ2) is 13.5. The Labute approximate surface area is 263 Å². The van der Waals surface area contributed by atoms with Crippen LogP contribution in [0.25, 0.3) is 44.4 Å². The Hall–Kier alpha value is -3.66. The van der Waals surface area contributed by atoms with E-state index in [0.717, 1.165) is 62.9 Å². The van der Waals surface area contributed by atoms with Gasteiger partial charge in [-0.15, -0.1) is 41.0 Å². The Morgan fingerprint density at radius 2 is 1.64 bits per heavy atom. The summed E-state index contributed by atoms with van der Waals surface area (Å²) < 4.78 is 5.71. The first-order chi connectivity index (χ1) is 19.7. The Kier molecular flexibility index (Phi) is 10.1. The smallest absolute Gasteiger partial charge is 0.0847 e. The molecule has 6 rings (SSSR count). The molecule has 0 amide bonds. The number of nitrogens with zero attached hydrogens (tertiary/aromatic N) is 3. The summed E-state index contributed by atoms with van der Waals surface area (Å²) in [7, 11) is 0. The molecule has 0 aliphatic carbocycles. The minimum atomic E-state index is 0. The van der Waals surface area contributed by atoms with Crippen LogP contribution in [0.5, 0.6) is 0 Å². The molecule has 0 saturated heterocycles. The van der Waals surface area contributed by atoms with Crippen LogP contribution in [0.15, 0.2) is 71.6 Å². The molecule has 0 N–H and O–H groups in total. The summed E-state index contributed by atoms with van der Waals surface area (Å²) in [6.07, 6.45) is 7.44.